The van der Waals surface area contributed by atoms with Crippen molar-refractivity contribution < 1.29 is 9.53 Å². The first kappa shape index (κ1) is 15.0. The quantitative estimate of drug-likeness (QED) is 0.324. The number of nitrogens with one attached hydrogen (secondary N) is 1. The second-order valence-corrected chi connectivity index (χ2v) is 5.39. The summed E-state index contributed by atoms with van der Waals surface area (Å²) in [6, 6.07) is 7.51. The first-order valence-electron chi connectivity index (χ1n) is 7.06. The fourth-order valence-electron chi connectivity index (χ4n) is 2.08. The molecule has 1 aliphatic carbocycles. The summed E-state index contributed by atoms with van der Waals surface area (Å²) in [6.45, 7) is 3.18. The number of carbonyl (C=O) groups excluding carboxylic acids is 1. The molecule has 20 heavy (non-hydrogen) atoms. The second-order valence-electron chi connectivity index (χ2n) is 5.39. The molecule has 1 aliphatic rings. The van der Waals surface area contributed by atoms with Gasteiger partial charge in [0.25, 0.3) is 5.91 Å². The van der Waals surface area contributed by atoms with Gasteiger partial charge in [-0.05, 0) is 37.4 Å². The molecule has 1 aromatic rings. The first-order chi connectivity index (χ1) is 9.70. The van der Waals surface area contributed by atoms with Crippen LogP contribution >= 0.6 is 0 Å². The van der Waals surface area contributed by atoms with Gasteiger partial charge in [-0.2, -0.15) is 0 Å². The molecule has 0 atom stereocenters. The van der Waals surface area contributed by atoms with E-state index in [2.05, 4.69) is 10.3 Å². The molecule has 1 amide bonds. The molecule has 1 saturated carbocycles. The lowest BCUT2D eigenvalue weighted by molar-refractivity contribution is 0.0947. The summed E-state index contributed by atoms with van der Waals surface area (Å²) < 4.78 is 5.62. The van der Waals surface area contributed by atoms with Crippen LogP contribution in [0.15, 0.2) is 24.3 Å². The smallest absolute Gasteiger partial charge is 0.265 e. The molecule has 0 saturated heterocycles. The Morgan fingerprint density at radius 2 is 2.20 bits per heavy atom. The summed E-state index contributed by atoms with van der Waals surface area (Å²) in [5.41, 5.74) is 3.78. The van der Waals surface area contributed by atoms with E-state index in [-0.39, 0.29) is 5.91 Å². The van der Waals surface area contributed by atoms with Crippen LogP contribution in [0.3, 0.4) is 0 Å². The number of ether oxygens (including phenoxy) is 1. The third-order valence-corrected chi connectivity index (χ3v) is 3.50. The number of amides is 1. The van der Waals surface area contributed by atoms with Crippen LogP contribution in [0, 0.1) is 5.92 Å². The molecule has 0 spiro atoms. The number of carbonyl (C=O) groups is 1. The van der Waals surface area contributed by atoms with Gasteiger partial charge in [0.2, 0.25) is 0 Å². The fraction of sp³-hybridized carbons (Fsp3) is 0.533. The lowest BCUT2D eigenvalue weighted by atomic mass is 10.1. The van der Waals surface area contributed by atoms with Gasteiger partial charge < -0.3 is 4.74 Å². The Morgan fingerprint density at radius 3 is 2.90 bits per heavy atom. The van der Waals surface area contributed by atoms with Gasteiger partial charge in [0.05, 0.1) is 6.61 Å². The Morgan fingerprint density at radius 1 is 1.45 bits per heavy atom. The van der Waals surface area contributed by atoms with Gasteiger partial charge in [-0.25, -0.2) is 5.84 Å². The number of hydrogen-bond donors (Lipinski definition) is 2. The van der Waals surface area contributed by atoms with Crippen LogP contribution < -0.4 is 11.3 Å². The summed E-state index contributed by atoms with van der Waals surface area (Å²) in [6.07, 6.45) is 2.63. The number of rotatable bonds is 8. The van der Waals surface area contributed by atoms with Gasteiger partial charge in [0.15, 0.2) is 0 Å². The van der Waals surface area contributed by atoms with Gasteiger partial charge in [-0.15, -0.1) is 0 Å². The van der Waals surface area contributed by atoms with Crippen molar-refractivity contribution >= 4 is 5.91 Å². The highest BCUT2D eigenvalue weighted by atomic mass is 16.5. The van der Waals surface area contributed by atoms with Crippen molar-refractivity contribution in [2.45, 2.75) is 19.4 Å². The van der Waals surface area contributed by atoms with E-state index >= 15 is 0 Å². The predicted octanol–water partition coefficient (Wildman–Crippen LogP) is 1.15. The van der Waals surface area contributed by atoms with Crippen LogP contribution in [0.5, 0.6) is 0 Å². The van der Waals surface area contributed by atoms with E-state index in [0.29, 0.717) is 12.1 Å². The number of hydrazine groups is 1. The molecular weight excluding hydrogens is 254 g/mol. The molecule has 2 rings (SSSR count). The van der Waals surface area contributed by atoms with Crippen molar-refractivity contribution in [3.05, 3.63) is 35.4 Å². The van der Waals surface area contributed by atoms with E-state index in [1.807, 2.05) is 25.2 Å². The number of nitrogen functional groups attached to an aromatic ring is 1. The van der Waals surface area contributed by atoms with E-state index in [1.54, 1.807) is 6.07 Å². The zero-order valence-electron chi connectivity index (χ0n) is 12.0. The normalized spacial score (nSPS) is 14.6. The molecule has 110 valence electrons. The molecule has 0 aliphatic heterocycles. The summed E-state index contributed by atoms with van der Waals surface area (Å²) in [5.74, 6) is 5.75. The topological polar surface area (TPSA) is 67.6 Å². The van der Waals surface area contributed by atoms with Gasteiger partial charge in [-0.3, -0.25) is 15.1 Å². The highest BCUT2D eigenvalue weighted by molar-refractivity contribution is 5.95. The average molecular weight is 277 g/mol. The average Bonchev–Trinajstić information content (AvgIpc) is 3.27. The Bertz CT molecular complexity index is 446. The Balaban J connectivity index is 1.80. The maximum atomic E-state index is 11.7. The van der Waals surface area contributed by atoms with Crippen molar-refractivity contribution in [2.24, 2.45) is 11.8 Å². The predicted molar refractivity (Wildman–Crippen MR) is 78.0 cm³/mol. The lowest BCUT2D eigenvalue weighted by Crippen LogP contribution is -2.32. The Hall–Kier alpha value is -1.43. The first-order valence-corrected chi connectivity index (χ1v) is 7.06. The Labute approximate surface area is 120 Å². The maximum absolute atomic E-state index is 11.7. The molecule has 0 bridgehead atoms. The molecule has 5 nitrogen and oxygen atoms in total. The van der Waals surface area contributed by atoms with Crippen molar-refractivity contribution in [3.8, 4) is 0 Å². The number of nitrogens with zero attached hydrogens (tertiary/aromatic N) is 1. The van der Waals surface area contributed by atoms with Crippen LogP contribution in [-0.4, -0.2) is 37.6 Å². The van der Waals surface area contributed by atoms with E-state index in [9.17, 15) is 4.79 Å². The standard InChI is InChI=1S/C15H23N3O2/c1-18(8-9-20-11-12-6-7-12)10-13-4-2-3-5-14(13)15(19)17-16/h2-5,12H,6-11,16H2,1H3,(H,17,19). The summed E-state index contributed by atoms with van der Waals surface area (Å²) in [5, 5.41) is 0. The molecule has 0 aromatic heterocycles. The number of likely N-dealkylation sites (N-methyl/N-ethyl adjacent to an activating group) is 1. The third kappa shape index (κ3) is 4.59. The summed E-state index contributed by atoms with van der Waals surface area (Å²) in [7, 11) is 2.03. The van der Waals surface area contributed by atoms with Crippen molar-refractivity contribution in [1.29, 1.82) is 0 Å². The monoisotopic (exact) mass is 277 g/mol. The fourth-order valence-corrected chi connectivity index (χ4v) is 2.08. The van der Waals surface area contributed by atoms with Crippen LogP contribution in [0.1, 0.15) is 28.8 Å². The summed E-state index contributed by atoms with van der Waals surface area (Å²) in [4.78, 5) is 13.8. The minimum absolute atomic E-state index is 0.251. The molecule has 0 heterocycles. The summed E-state index contributed by atoms with van der Waals surface area (Å²) >= 11 is 0. The molecule has 1 fully saturated rings. The van der Waals surface area contributed by atoms with E-state index < -0.39 is 0 Å². The SMILES string of the molecule is CN(CCOCC1CC1)Cc1ccccc1C(=O)NN. The number of benzene rings is 1. The van der Waals surface area contributed by atoms with Crippen molar-refractivity contribution in [3.63, 3.8) is 0 Å². The Kier molecular flexibility index (Phi) is 5.52. The highest BCUT2D eigenvalue weighted by Crippen LogP contribution is 2.28. The van der Waals surface area contributed by atoms with E-state index in [4.69, 9.17) is 10.6 Å². The van der Waals surface area contributed by atoms with Gasteiger partial charge >= 0.3 is 0 Å². The number of nitrogens with two attached hydrogens (primary N) is 1. The molecule has 0 radical (unpaired) electrons. The maximum Gasteiger partial charge on any atom is 0.265 e. The second kappa shape index (κ2) is 7.38. The van der Waals surface area contributed by atoms with Crippen molar-refractivity contribution in [2.75, 3.05) is 26.8 Å². The van der Waals surface area contributed by atoms with Crippen LogP contribution in [0.4, 0.5) is 0 Å². The largest absolute Gasteiger partial charge is 0.380 e. The lowest BCUT2D eigenvalue weighted by Gasteiger charge is -2.18. The minimum atomic E-state index is -0.251. The van der Waals surface area contributed by atoms with E-state index in [1.165, 1.54) is 12.8 Å². The third-order valence-electron chi connectivity index (χ3n) is 3.50. The highest BCUT2D eigenvalue weighted by Gasteiger charge is 2.21. The zero-order valence-corrected chi connectivity index (χ0v) is 12.0. The molecule has 0 unspecified atom stereocenters. The van der Waals surface area contributed by atoms with Gasteiger partial charge in [-0.1, -0.05) is 18.2 Å². The van der Waals surface area contributed by atoms with Crippen LogP contribution in [-0.2, 0) is 11.3 Å². The molecule has 1 aromatic carbocycles. The zero-order chi connectivity index (χ0) is 14.4. The molecular formula is C15H23N3O2. The number of hydrogen-bond acceptors (Lipinski definition) is 4. The van der Waals surface area contributed by atoms with Crippen molar-refractivity contribution in [1.82, 2.24) is 10.3 Å². The van der Waals surface area contributed by atoms with Crippen LogP contribution in [0.2, 0.25) is 0 Å². The van der Waals surface area contributed by atoms with Gasteiger partial charge in [0.1, 0.15) is 0 Å². The minimum Gasteiger partial charge on any atom is -0.380 e. The van der Waals surface area contributed by atoms with Gasteiger partial charge in [0, 0.05) is 25.3 Å². The molecule has 3 N–H and O–H groups in total. The van der Waals surface area contributed by atoms with Crippen LogP contribution in [0.25, 0.3) is 0 Å². The van der Waals surface area contributed by atoms with E-state index in [0.717, 1.165) is 31.2 Å². The molecule has 5 heteroatoms.